The number of nitrogens with zero attached hydrogens (tertiary/aromatic N) is 2. The van der Waals surface area contributed by atoms with Crippen LogP contribution in [0.5, 0.6) is 0 Å². The van der Waals surface area contributed by atoms with Crippen molar-refractivity contribution < 1.29 is 0 Å². The minimum absolute atomic E-state index is 0.158. The van der Waals surface area contributed by atoms with Crippen LogP contribution in [0.15, 0.2) is 24.3 Å². The summed E-state index contributed by atoms with van der Waals surface area (Å²) in [5.74, 6) is 0. The Morgan fingerprint density at radius 1 is 1.24 bits per heavy atom. The number of halogens is 1. The predicted molar refractivity (Wildman–Crippen MR) is 89.3 cm³/mol. The van der Waals surface area contributed by atoms with Crippen molar-refractivity contribution in [3.05, 3.63) is 46.3 Å². The lowest BCUT2D eigenvalue weighted by Gasteiger charge is -2.46. The fourth-order valence-corrected chi connectivity index (χ4v) is 3.50. The van der Waals surface area contributed by atoms with E-state index in [2.05, 4.69) is 36.6 Å². The van der Waals surface area contributed by atoms with E-state index in [0.29, 0.717) is 6.54 Å². The summed E-state index contributed by atoms with van der Waals surface area (Å²) in [5, 5.41) is 0.853. The minimum atomic E-state index is 0.158. The minimum Gasteiger partial charge on any atom is -0.316 e. The molecule has 3 heteroatoms. The lowest BCUT2D eigenvalue weighted by Crippen LogP contribution is -2.47. The zero-order valence-electron chi connectivity index (χ0n) is 13.3. The number of hydrogen-bond donors (Lipinski definition) is 0. The standard InChI is InChI=1S/C18H25ClN2/c1-17(2,3)18(14-20-4)9-11-21(12-10-18)13-15-7-5-6-8-16(15)19/h5-8H,9-14H2,1-3H3. The molecule has 2 rings (SSSR count). The monoisotopic (exact) mass is 304 g/mol. The van der Waals surface area contributed by atoms with E-state index in [1.807, 2.05) is 18.2 Å². The van der Waals surface area contributed by atoms with Gasteiger partial charge in [0.2, 0.25) is 6.54 Å². The number of rotatable bonds is 3. The molecule has 1 aliphatic heterocycles. The van der Waals surface area contributed by atoms with E-state index in [1.54, 1.807) is 0 Å². The van der Waals surface area contributed by atoms with Gasteiger partial charge in [-0.3, -0.25) is 4.90 Å². The molecular weight excluding hydrogens is 280 g/mol. The van der Waals surface area contributed by atoms with Crippen LogP contribution in [0.4, 0.5) is 0 Å². The van der Waals surface area contributed by atoms with Gasteiger partial charge in [-0.15, -0.1) is 0 Å². The first-order valence-electron chi connectivity index (χ1n) is 7.67. The van der Waals surface area contributed by atoms with Gasteiger partial charge in [0.1, 0.15) is 0 Å². The highest BCUT2D eigenvalue weighted by atomic mass is 35.5. The SMILES string of the molecule is [C-]#[N+]CC1(C(C)(C)C)CCN(Cc2ccccc2Cl)CC1. The molecular formula is C18H25ClN2. The molecule has 0 bridgehead atoms. The summed E-state index contributed by atoms with van der Waals surface area (Å²) in [7, 11) is 0. The molecule has 0 amide bonds. The highest BCUT2D eigenvalue weighted by Gasteiger charge is 2.46. The van der Waals surface area contributed by atoms with E-state index in [0.717, 1.165) is 37.5 Å². The fraction of sp³-hybridized carbons (Fsp3) is 0.611. The number of likely N-dealkylation sites (tertiary alicyclic amines) is 1. The smallest absolute Gasteiger partial charge is 0.220 e. The molecule has 0 saturated carbocycles. The van der Waals surface area contributed by atoms with Crippen molar-refractivity contribution in [1.29, 1.82) is 0 Å². The van der Waals surface area contributed by atoms with Gasteiger partial charge in [-0.05, 0) is 43.0 Å². The third-order valence-corrected chi connectivity index (χ3v) is 5.51. The molecule has 0 aliphatic carbocycles. The second kappa shape index (κ2) is 6.38. The summed E-state index contributed by atoms with van der Waals surface area (Å²) in [6.45, 7) is 17.8. The van der Waals surface area contributed by atoms with Crippen molar-refractivity contribution in [1.82, 2.24) is 4.90 Å². The third kappa shape index (κ3) is 3.59. The van der Waals surface area contributed by atoms with E-state index in [9.17, 15) is 0 Å². The molecule has 1 aliphatic rings. The van der Waals surface area contributed by atoms with Crippen LogP contribution in [0.2, 0.25) is 5.02 Å². The van der Waals surface area contributed by atoms with Crippen molar-refractivity contribution >= 4 is 11.6 Å². The van der Waals surface area contributed by atoms with Crippen LogP contribution in [0.1, 0.15) is 39.2 Å². The third-order valence-electron chi connectivity index (χ3n) is 5.14. The van der Waals surface area contributed by atoms with Crippen LogP contribution in [-0.2, 0) is 6.54 Å². The average Bonchev–Trinajstić information content (AvgIpc) is 2.42. The molecule has 0 unspecified atom stereocenters. The van der Waals surface area contributed by atoms with E-state index in [1.165, 1.54) is 5.56 Å². The van der Waals surface area contributed by atoms with Crippen LogP contribution in [-0.4, -0.2) is 24.5 Å². The molecule has 114 valence electrons. The fourth-order valence-electron chi connectivity index (χ4n) is 3.30. The first-order valence-corrected chi connectivity index (χ1v) is 8.05. The second-order valence-electron chi connectivity index (χ2n) is 7.21. The lowest BCUT2D eigenvalue weighted by atomic mass is 9.61. The first kappa shape index (κ1) is 16.3. The van der Waals surface area contributed by atoms with Crippen molar-refractivity contribution in [2.75, 3.05) is 19.6 Å². The number of hydrogen-bond acceptors (Lipinski definition) is 1. The van der Waals surface area contributed by atoms with Gasteiger partial charge in [0.15, 0.2) is 0 Å². The van der Waals surface area contributed by atoms with Crippen molar-refractivity contribution in [2.45, 2.75) is 40.2 Å². The van der Waals surface area contributed by atoms with Gasteiger partial charge in [0.05, 0.1) is 0 Å². The molecule has 1 fully saturated rings. The molecule has 0 radical (unpaired) electrons. The summed E-state index contributed by atoms with van der Waals surface area (Å²) in [4.78, 5) is 6.20. The maximum atomic E-state index is 7.30. The Labute approximate surface area is 133 Å². The summed E-state index contributed by atoms with van der Waals surface area (Å²) >= 11 is 6.26. The maximum absolute atomic E-state index is 7.30. The second-order valence-corrected chi connectivity index (χ2v) is 7.62. The molecule has 21 heavy (non-hydrogen) atoms. The quantitative estimate of drug-likeness (QED) is 0.722. The van der Waals surface area contributed by atoms with Crippen LogP contribution in [0, 0.1) is 17.4 Å². The Morgan fingerprint density at radius 2 is 1.86 bits per heavy atom. The Hall–Kier alpha value is -1.04. The first-order chi connectivity index (χ1) is 9.88. The largest absolute Gasteiger partial charge is 0.316 e. The molecule has 0 atom stereocenters. The van der Waals surface area contributed by atoms with E-state index >= 15 is 0 Å². The molecule has 1 aromatic rings. The topological polar surface area (TPSA) is 7.60 Å². The van der Waals surface area contributed by atoms with E-state index in [-0.39, 0.29) is 10.8 Å². The molecule has 1 heterocycles. The molecule has 0 spiro atoms. The van der Waals surface area contributed by atoms with Gasteiger partial charge in [0, 0.05) is 17.0 Å². The van der Waals surface area contributed by atoms with Gasteiger partial charge in [-0.25, -0.2) is 6.57 Å². The van der Waals surface area contributed by atoms with Gasteiger partial charge < -0.3 is 4.85 Å². The van der Waals surface area contributed by atoms with Crippen molar-refractivity contribution in [3.63, 3.8) is 0 Å². The molecule has 2 nitrogen and oxygen atoms in total. The summed E-state index contributed by atoms with van der Waals surface area (Å²) in [5.41, 5.74) is 1.55. The number of piperidine rings is 1. The van der Waals surface area contributed by atoms with Crippen LogP contribution in [0.25, 0.3) is 4.85 Å². The Kier molecular flexibility index (Phi) is 4.96. The Balaban J connectivity index is 2.03. The summed E-state index contributed by atoms with van der Waals surface area (Å²) < 4.78 is 0. The highest BCUT2D eigenvalue weighted by molar-refractivity contribution is 6.31. The summed E-state index contributed by atoms with van der Waals surface area (Å²) in [6.07, 6.45) is 2.20. The van der Waals surface area contributed by atoms with Gasteiger partial charge in [-0.2, -0.15) is 0 Å². The van der Waals surface area contributed by atoms with Crippen LogP contribution in [0.3, 0.4) is 0 Å². The maximum Gasteiger partial charge on any atom is 0.220 e. The predicted octanol–water partition coefficient (Wildman–Crippen LogP) is 4.89. The van der Waals surface area contributed by atoms with Crippen molar-refractivity contribution in [2.24, 2.45) is 10.8 Å². The highest BCUT2D eigenvalue weighted by Crippen LogP contribution is 2.47. The zero-order chi connectivity index (χ0) is 15.5. The van der Waals surface area contributed by atoms with Gasteiger partial charge in [0.25, 0.3) is 0 Å². The normalized spacial score (nSPS) is 19.2. The van der Waals surface area contributed by atoms with Gasteiger partial charge >= 0.3 is 0 Å². The average molecular weight is 305 g/mol. The summed E-state index contributed by atoms with van der Waals surface area (Å²) in [6, 6.07) is 8.08. The van der Waals surface area contributed by atoms with E-state index in [4.69, 9.17) is 18.2 Å². The number of benzene rings is 1. The van der Waals surface area contributed by atoms with Gasteiger partial charge in [-0.1, -0.05) is 50.6 Å². The van der Waals surface area contributed by atoms with Crippen LogP contribution < -0.4 is 0 Å². The molecule has 1 aromatic carbocycles. The molecule has 0 aromatic heterocycles. The zero-order valence-corrected chi connectivity index (χ0v) is 14.1. The Morgan fingerprint density at radius 3 is 2.38 bits per heavy atom. The Bertz CT molecular complexity index is 517. The molecule has 1 saturated heterocycles. The van der Waals surface area contributed by atoms with Crippen molar-refractivity contribution in [3.8, 4) is 0 Å². The molecule has 0 N–H and O–H groups in total. The van der Waals surface area contributed by atoms with E-state index < -0.39 is 0 Å². The lowest BCUT2D eigenvalue weighted by molar-refractivity contribution is 0.0173. The van der Waals surface area contributed by atoms with Crippen LogP contribution >= 0.6 is 11.6 Å².